The van der Waals surface area contributed by atoms with Crippen LogP contribution in [0.2, 0.25) is 5.02 Å². The Bertz CT molecular complexity index is 888. The number of anilines is 1. The van der Waals surface area contributed by atoms with Gasteiger partial charge in [0, 0.05) is 11.8 Å². The molecule has 0 bridgehead atoms. The van der Waals surface area contributed by atoms with Crippen molar-refractivity contribution in [2.24, 2.45) is 0 Å². The van der Waals surface area contributed by atoms with Gasteiger partial charge in [-0.3, -0.25) is 4.79 Å². The van der Waals surface area contributed by atoms with Crippen LogP contribution in [0.5, 0.6) is 17.2 Å². The number of amides is 1. The molecule has 2 N–H and O–H groups in total. The van der Waals surface area contributed by atoms with E-state index in [1.807, 2.05) is 6.07 Å². The number of hydrogen-bond donors (Lipinski definition) is 2. The Hall–Kier alpha value is -3.17. The first kappa shape index (κ1) is 19.2. The third-order valence-corrected chi connectivity index (χ3v) is 3.64. The molecule has 0 spiro atoms. The zero-order valence-electron chi connectivity index (χ0n) is 14.2. The van der Waals surface area contributed by atoms with E-state index in [2.05, 4.69) is 5.32 Å². The van der Waals surface area contributed by atoms with Gasteiger partial charge in [-0.1, -0.05) is 17.7 Å². The van der Waals surface area contributed by atoms with Gasteiger partial charge in [0.05, 0.1) is 18.7 Å². The minimum Gasteiger partial charge on any atom is -0.503 e. The molecule has 0 unspecified atom stereocenters. The Kier molecular flexibility index (Phi) is 6.48. The summed E-state index contributed by atoms with van der Waals surface area (Å²) in [6, 6.07) is 11.6. The topological polar surface area (TPSA) is 91.6 Å². The van der Waals surface area contributed by atoms with Crippen molar-refractivity contribution in [2.45, 2.75) is 6.92 Å². The summed E-state index contributed by atoms with van der Waals surface area (Å²) in [6.45, 7) is 2.09. The number of nitrogens with zero attached hydrogens (tertiary/aromatic N) is 1. The van der Waals surface area contributed by atoms with Gasteiger partial charge in [-0.2, -0.15) is 5.26 Å². The molecule has 2 rings (SSSR count). The second-order valence-electron chi connectivity index (χ2n) is 5.14. The minimum atomic E-state index is -0.581. The summed E-state index contributed by atoms with van der Waals surface area (Å²) in [7, 11) is 1.52. The first-order valence-electron chi connectivity index (χ1n) is 7.71. The number of methoxy groups -OCH3 is 1. The largest absolute Gasteiger partial charge is 0.503 e. The number of phenols is 1. The van der Waals surface area contributed by atoms with E-state index < -0.39 is 5.91 Å². The van der Waals surface area contributed by atoms with Gasteiger partial charge in [0.25, 0.3) is 5.91 Å². The summed E-state index contributed by atoms with van der Waals surface area (Å²) in [5.41, 5.74) is 0.819. The fraction of sp³-hybridized carbons (Fsp3) is 0.158. The summed E-state index contributed by atoms with van der Waals surface area (Å²) >= 11 is 5.97. The van der Waals surface area contributed by atoms with E-state index in [0.717, 1.165) is 0 Å². The molecule has 0 aliphatic carbocycles. The number of halogens is 1. The number of nitrogens with one attached hydrogen (secondary N) is 1. The molecular weight excluding hydrogens is 356 g/mol. The van der Waals surface area contributed by atoms with E-state index in [-0.39, 0.29) is 22.1 Å². The molecule has 0 fully saturated rings. The molecule has 0 aliphatic heterocycles. The van der Waals surface area contributed by atoms with Crippen LogP contribution in [0.25, 0.3) is 6.08 Å². The standard InChI is InChI=1S/C19H17ClN2O4/c1-3-26-17-9-12(8-16(20)18(17)23)7-13(11-21)19(24)22-14-5-4-6-15(10-14)25-2/h4-10,23H,3H2,1-2H3,(H,22,24)/b13-7+. The molecule has 6 nitrogen and oxygen atoms in total. The molecule has 2 aromatic carbocycles. The fourth-order valence-corrected chi connectivity index (χ4v) is 2.38. The van der Waals surface area contributed by atoms with Gasteiger partial charge >= 0.3 is 0 Å². The van der Waals surface area contributed by atoms with Gasteiger partial charge in [0.2, 0.25) is 0 Å². The van der Waals surface area contributed by atoms with Crippen molar-refractivity contribution in [3.63, 3.8) is 0 Å². The van der Waals surface area contributed by atoms with Crippen LogP contribution in [0.3, 0.4) is 0 Å². The van der Waals surface area contributed by atoms with Gasteiger partial charge in [-0.25, -0.2) is 0 Å². The van der Waals surface area contributed by atoms with Crippen LogP contribution in [0.1, 0.15) is 12.5 Å². The molecule has 1 amide bonds. The highest BCUT2D eigenvalue weighted by Gasteiger charge is 2.13. The van der Waals surface area contributed by atoms with Gasteiger partial charge < -0.3 is 19.9 Å². The van der Waals surface area contributed by atoms with Crippen LogP contribution in [-0.2, 0) is 4.79 Å². The van der Waals surface area contributed by atoms with E-state index >= 15 is 0 Å². The summed E-state index contributed by atoms with van der Waals surface area (Å²) in [5.74, 6) is -0.0124. The van der Waals surface area contributed by atoms with E-state index in [1.165, 1.54) is 25.3 Å². The lowest BCUT2D eigenvalue weighted by molar-refractivity contribution is -0.112. The molecule has 7 heteroatoms. The molecule has 0 radical (unpaired) electrons. The number of carbonyl (C=O) groups is 1. The third-order valence-electron chi connectivity index (χ3n) is 3.35. The molecule has 26 heavy (non-hydrogen) atoms. The Morgan fingerprint density at radius 1 is 1.38 bits per heavy atom. The highest BCUT2D eigenvalue weighted by molar-refractivity contribution is 6.32. The summed E-state index contributed by atoms with van der Waals surface area (Å²) in [5, 5.41) is 21.9. The van der Waals surface area contributed by atoms with Crippen LogP contribution in [-0.4, -0.2) is 24.7 Å². The third kappa shape index (κ3) is 4.68. The van der Waals surface area contributed by atoms with Gasteiger partial charge in [-0.15, -0.1) is 0 Å². The number of hydrogen-bond acceptors (Lipinski definition) is 5. The molecule has 2 aromatic rings. The number of phenolic OH excluding ortho intramolecular Hbond substituents is 1. The average Bonchev–Trinajstić information content (AvgIpc) is 2.63. The lowest BCUT2D eigenvalue weighted by Crippen LogP contribution is -2.13. The predicted octanol–water partition coefficient (Wildman–Crippen LogP) is 4.00. The Morgan fingerprint density at radius 2 is 2.15 bits per heavy atom. The molecule has 0 heterocycles. The van der Waals surface area contributed by atoms with E-state index in [9.17, 15) is 15.2 Å². The summed E-state index contributed by atoms with van der Waals surface area (Å²) < 4.78 is 10.4. The zero-order chi connectivity index (χ0) is 19.1. The zero-order valence-corrected chi connectivity index (χ0v) is 15.0. The fourth-order valence-electron chi connectivity index (χ4n) is 2.16. The van der Waals surface area contributed by atoms with Crippen LogP contribution in [0.15, 0.2) is 42.0 Å². The monoisotopic (exact) mass is 372 g/mol. The van der Waals surface area contributed by atoms with Gasteiger partial charge in [-0.05, 0) is 42.8 Å². The van der Waals surface area contributed by atoms with Crippen molar-refractivity contribution in [2.75, 3.05) is 19.0 Å². The van der Waals surface area contributed by atoms with Crippen molar-refractivity contribution < 1.29 is 19.4 Å². The highest BCUT2D eigenvalue weighted by Crippen LogP contribution is 2.35. The molecule has 0 aromatic heterocycles. The van der Waals surface area contributed by atoms with Crippen LogP contribution < -0.4 is 14.8 Å². The van der Waals surface area contributed by atoms with Gasteiger partial charge in [0.15, 0.2) is 11.5 Å². The Balaban J connectivity index is 2.29. The van der Waals surface area contributed by atoms with Crippen LogP contribution in [0, 0.1) is 11.3 Å². The SMILES string of the molecule is CCOc1cc(/C=C(\C#N)C(=O)Nc2cccc(OC)c2)cc(Cl)c1O. The molecular formula is C19H17ClN2O4. The van der Waals surface area contributed by atoms with E-state index in [0.29, 0.717) is 23.6 Å². The first-order chi connectivity index (χ1) is 12.5. The first-order valence-corrected chi connectivity index (χ1v) is 8.08. The molecule has 0 saturated carbocycles. The maximum Gasteiger partial charge on any atom is 0.266 e. The lowest BCUT2D eigenvalue weighted by Gasteiger charge is -2.09. The van der Waals surface area contributed by atoms with Crippen LogP contribution >= 0.6 is 11.6 Å². The van der Waals surface area contributed by atoms with Crippen LogP contribution in [0.4, 0.5) is 5.69 Å². The second kappa shape index (κ2) is 8.79. The lowest BCUT2D eigenvalue weighted by atomic mass is 10.1. The number of rotatable bonds is 6. The van der Waals surface area contributed by atoms with E-state index in [1.54, 1.807) is 31.2 Å². The van der Waals surface area contributed by atoms with Crippen molar-refractivity contribution in [3.8, 4) is 23.3 Å². The average molecular weight is 373 g/mol. The maximum absolute atomic E-state index is 12.4. The number of nitriles is 1. The summed E-state index contributed by atoms with van der Waals surface area (Å²) in [6.07, 6.45) is 1.36. The highest BCUT2D eigenvalue weighted by atomic mass is 35.5. The molecule has 134 valence electrons. The smallest absolute Gasteiger partial charge is 0.266 e. The molecule has 0 saturated heterocycles. The number of aromatic hydroxyl groups is 1. The quantitative estimate of drug-likeness (QED) is 0.590. The molecule has 0 atom stereocenters. The number of carbonyl (C=O) groups excluding carboxylic acids is 1. The minimum absolute atomic E-state index is 0.0627. The Labute approximate surface area is 156 Å². The van der Waals surface area contributed by atoms with E-state index in [4.69, 9.17) is 21.1 Å². The normalized spacial score (nSPS) is 10.8. The second-order valence-corrected chi connectivity index (χ2v) is 5.55. The number of benzene rings is 2. The van der Waals surface area contributed by atoms with Crippen molar-refractivity contribution >= 4 is 29.3 Å². The molecule has 0 aliphatic rings. The Morgan fingerprint density at radius 3 is 2.81 bits per heavy atom. The maximum atomic E-state index is 12.4. The number of ether oxygens (including phenoxy) is 2. The predicted molar refractivity (Wildman–Crippen MR) is 99.5 cm³/mol. The van der Waals surface area contributed by atoms with Crippen molar-refractivity contribution in [3.05, 3.63) is 52.6 Å². The summed E-state index contributed by atoms with van der Waals surface area (Å²) in [4.78, 5) is 12.4. The van der Waals surface area contributed by atoms with Gasteiger partial charge in [0.1, 0.15) is 17.4 Å². The van der Waals surface area contributed by atoms with Crippen molar-refractivity contribution in [1.82, 2.24) is 0 Å². The van der Waals surface area contributed by atoms with Crippen molar-refractivity contribution in [1.29, 1.82) is 5.26 Å².